The van der Waals surface area contributed by atoms with Crippen LogP contribution >= 0.6 is 0 Å². The van der Waals surface area contributed by atoms with E-state index in [2.05, 4.69) is 10.5 Å². The van der Waals surface area contributed by atoms with Crippen LogP contribution in [0.2, 0.25) is 0 Å². The molecule has 170 valence electrons. The lowest BCUT2D eigenvalue weighted by Gasteiger charge is -2.25. The number of sulfonamides is 1. The zero-order valence-electron chi connectivity index (χ0n) is 18.2. The van der Waals surface area contributed by atoms with Gasteiger partial charge in [-0.25, -0.2) is 13.8 Å². The number of nitrogens with one attached hydrogen (secondary N) is 1. The van der Waals surface area contributed by atoms with Gasteiger partial charge in [0.25, 0.3) is 15.9 Å². The Hall–Kier alpha value is -3.85. The Bertz CT molecular complexity index is 1310. The Kier molecular flexibility index (Phi) is 6.32. The van der Waals surface area contributed by atoms with Crippen LogP contribution in [0.1, 0.15) is 16.7 Å². The fraction of sp³-hybridized carbons (Fsp3) is 0.167. The molecule has 0 saturated carbocycles. The van der Waals surface area contributed by atoms with Crippen molar-refractivity contribution in [3.63, 3.8) is 0 Å². The van der Waals surface area contributed by atoms with Crippen LogP contribution in [0.25, 0.3) is 0 Å². The van der Waals surface area contributed by atoms with Gasteiger partial charge in [0, 0.05) is 0 Å². The molecule has 0 radical (unpaired) electrons. The van der Waals surface area contributed by atoms with Crippen molar-refractivity contribution in [1.29, 1.82) is 0 Å². The summed E-state index contributed by atoms with van der Waals surface area (Å²) in [6.45, 7) is 3.46. The van der Waals surface area contributed by atoms with Crippen molar-refractivity contribution in [3.05, 3.63) is 83.4 Å². The molecule has 4 rings (SSSR count). The molecule has 0 unspecified atom stereocenters. The molecule has 0 spiro atoms. The topological polar surface area (TPSA) is 97.3 Å². The molecular weight excluding hydrogens is 442 g/mol. The monoisotopic (exact) mass is 465 g/mol. The van der Waals surface area contributed by atoms with Gasteiger partial charge in [0.1, 0.15) is 6.54 Å². The quantitative estimate of drug-likeness (QED) is 0.426. The predicted molar refractivity (Wildman–Crippen MR) is 125 cm³/mol. The maximum Gasteiger partial charge on any atom is 0.264 e. The molecule has 3 aromatic rings. The van der Waals surface area contributed by atoms with Crippen molar-refractivity contribution in [2.24, 2.45) is 5.10 Å². The summed E-state index contributed by atoms with van der Waals surface area (Å²) in [7, 11) is -3.98. The van der Waals surface area contributed by atoms with Crippen LogP contribution in [0.15, 0.2) is 76.7 Å². The maximum absolute atomic E-state index is 13.4. The number of rotatable bonds is 7. The summed E-state index contributed by atoms with van der Waals surface area (Å²) >= 11 is 0. The number of aryl methyl sites for hydroxylation is 2. The third kappa shape index (κ3) is 4.98. The average Bonchev–Trinajstić information content (AvgIpc) is 3.26. The third-order valence-electron chi connectivity index (χ3n) is 5.04. The fourth-order valence-corrected chi connectivity index (χ4v) is 4.95. The van der Waals surface area contributed by atoms with E-state index in [1.54, 1.807) is 42.5 Å². The van der Waals surface area contributed by atoms with Crippen LogP contribution in [-0.2, 0) is 14.8 Å². The molecule has 0 atom stereocenters. The number of carbonyl (C=O) groups is 1. The van der Waals surface area contributed by atoms with E-state index in [0.29, 0.717) is 22.7 Å². The zero-order chi connectivity index (χ0) is 23.4. The highest BCUT2D eigenvalue weighted by molar-refractivity contribution is 7.92. The zero-order valence-corrected chi connectivity index (χ0v) is 19.0. The smallest absolute Gasteiger partial charge is 0.264 e. The number of benzene rings is 3. The van der Waals surface area contributed by atoms with Gasteiger partial charge in [-0.1, -0.05) is 35.9 Å². The lowest BCUT2D eigenvalue weighted by Crippen LogP contribution is -2.40. The second-order valence-electron chi connectivity index (χ2n) is 7.52. The first-order valence-corrected chi connectivity index (χ1v) is 11.7. The van der Waals surface area contributed by atoms with Crippen LogP contribution in [0.4, 0.5) is 5.69 Å². The van der Waals surface area contributed by atoms with Crippen molar-refractivity contribution in [2.45, 2.75) is 18.7 Å². The number of hydrazone groups is 1. The van der Waals surface area contributed by atoms with Crippen molar-refractivity contribution in [3.8, 4) is 11.5 Å². The minimum Gasteiger partial charge on any atom is -0.454 e. The van der Waals surface area contributed by atoms with Crippen LogP contribution in [0.5, 0.6) is 11.5 Å². The lowest BCUT2D eigenvalue weighted by atomic mass is 10.1. The number of hydrogen-bond donors (Lipinski definition) is 1. The van der Waals surface area contributed by atoms with E-state index in [0.717, 1.165) is 15.4 Å². The van der Waals surface area contributed by atoms with Gasteiger partial charge in [0.05, 0.1) is 16.8 Å². The minimum atomic E-state index is -3.98. The highest BCUT2D eigenvalue weighted by Gasteiger charge is 2.28. The Labute approximate surface area is 192 Å². The Morgan fingerprint density at radius 3 is 2.55 bits per heavy atom. The first kappa shape index (κ1) is 22.3. The molecule has 9 heteroatoms. The Balaban J connectivity index is 1.55. The van der Waals surface area contributed by atoms with E-state index in [9.17, 15) is 13.2 Å². The first-order chi connectivity index (χ1) is 15.8. The second kappa shape index (κ2) is 9.33. The first-order valence-electron chi connectivity index (χ1n) is 10.2. The highest BCUT2D eigenvalue weighted by Crippen LogP contribution is 2.32. The summed E-state index contributed by atoms with van der Waals surface area (Å²) in [6, 6.07) is 18.7. The number of nitrogens with zero attached hydrogens (tertiary/aromatic N) is 2. The summed E-state index contributed by atoms with van der Waals surface area (Å²) in [5.41, 5.74) is 5.27. The summed E-state index contributed by atoms with van der Waals surface area (Å²) in [5.74, 6) is 0.665. The molecule has 0 aromatic heterocycles. The van der Waals surface area contributed by atoms with Gasteiger partial charge in [-0.2, -0.15) is 5.10 Å². The number of hydrogen-bond acceptors (Lipinski definition) is 6. The van der Waals surface area contributed by atoms with Gasteiger partial charge < -0.3 is 9.47 Å². The number of anilines is 1. The standard InChI is InChI=1S/C24H23N3O5S/c1-17-8-10-21(18(2)12-17)27(33(29,30)20-6-4-3-5-7-20)15-24(28)26-25-14-19-9-11-22-23(13-19)32-16-31-22/h3-14H,15-16H2,1-2H3,(H,26,28)/b25-14-. The van der Waals surface area contributed by atoms with Gasteiger partial charge in [-0.3, -0.25) is 9.10 Å². The summed E-state index contributed by atoms with van der Waals surface area (Å²) in [4.78, 5) is 12.8. The number of fused-ring (bicyclic) bond motifs is 1. The third-order valence-corrected chi connectivity index (χ3v) is 6.81. The molecule has 33 heavy (non-hydrogen) atoms. The predicted octanol–water partition coefficient (Wildman–Crippen LogP) is 3.38. The molecule has 1 heterocycles. The van der Waals surface area contributed by atoms with E-state index in [1.165, 1.54) is 18.3 Å². The largest absolute Gasteiger partial charge is 0.454 e. The van der Waals surface area contributed by atoms with Crippen LogP contribution in [-0.4, -0.2) is 33.9 Å². The van der Waals surface area contributed by atoms with E-state index in [1.807, 2.05) is 26.0 Å². The van der Waals surface area contributed by atoms with Crippen molar-refractivity contribution in [2.75, 3.05) is 17.6 Å². The molecule has 1 aliphatic heterocycles. The van der Waals surface area contributed by atoms with E-state index >= 15 is 0 Å². The molecule has 0 saturated heterocycles. The molecule has 3 aromatic carbocycles. The fourth-order valence-electron chi connectivity index (χ4n) is 3.44. The van der Waals surface area contributed by atoms with Crippen LogP contribution in [0, 0.1) is 13.8 Å². The molecular formula is C24H23N3O5S. The number of ether oxygens (including phenoxy) is 2. The molecule has 0 fully saturated rings. The molecule has 8 nitrogen and oxygen atoms in total. The van der Waals surface area contributed by atoms with E-state index in [-0.39, 0.29) is 11.7 Å². The van der Waals surface area contributed by atoms with Crippen molar-refractivity contribution in [1.82, 2.24) is 5.43 Å². The minimum absolute atomic E-state index is 0.0987. The van der Waals surface area contributed by atoms with Gasteiger partial charge >= 0.3 is 0 Å². The summed E-state index contributed by atoms with van der Waals surface area (Å²) in [5, 5.41) is 3.96. The number of carbonyl (C=O) groups excluding carboxylic acids is 1. The number of amides is 1. The average molecular weight is 466 g/mol. The molecule has 0 aliphatic carbocycles. The van der Waals surface area contributed by atoms with Gasteiger partial charge in [-0.15, -0.1) is 0 Å². The van der Waals surface area contributed by atoms with Crippen LogP contribution < -0.4 is 19.2 Å². The van der Waals surface area contributed by atoms with E-state index < -0.39 is 22.5 Å². The second-order valence-corrected chi connectivity index (χ2v) is 9.38. The van der Waals surface area contributed by atoms with Crippen LogP contribution in [0.3, 0.4) is 0 Å². The van der Waals surface area contributed by atoms with Gasteiger partial charge in [0.15, 0.2) is 11.5 Å². The summed E-state index contributed by atoms with van der Waals surface area (Å²) in [6.07, 6.45) is 1.45. The maximum atomic E-state index is 13.4. The highest BCUT2D eigenvalue weighted by atomic mass is 32.2. The van der Waals surface area contributed by atoms with Gasteiger partial charge in [0.2, 0.25) is 6.79 Å². The van der Waals surface area contributed by atoms with Crippen molar-refractivity contribution >= 4 is 27.8 Å². The van der Waals surface area contributed by atoms with Crippen molar-refractivity contribution < 1.29 is 22.7 Å². The van der Waals surface area contributed by atoms with E-state index in [4.69, 9.17) is 9.47 Å². The molecule has 1 aliphatic rings. The Morgan fingerprint density at radius 1 is 1.03 bits per heavy atom. The molecule has 1 N–H and O–H groups in total. The molecule has 1 amide bonds. The normalized spacial score (nSPS) is 12.7. The van der Waals surface area contributed by atoms with Gasteiger partial charge in [-0.05, 0) is 61.4 Å². The molecule has 0 bridgehead atoms. The SMILES string of the molecule is Cc1ccc(N(CC(=O)N/N=C\c2ccc3c(c2)OCO3)S(=O)(=O)c2ccccc2)c(C)c1. The lowest BCUT2D eigenvalue weighted by molar-refractivity contribution is -0.119. The Morgan fingerprint density at radius 2 is 1.79 bits per heavy atom. The summed E-state index contributed by atoms with van der Waals surface area (Å²) < 4.78 is 38.5.